The molecule has 4 nitrogen and oxygen atoms in total. The molecule has 0 aliphatic rings. The van der Waals surface area contributed by atoms with Gasteiger partial charge in [-0.1, -0.05) is 35.3 Å². The van der Waals surface area contributed by atoms with Crippen molar-refractivity contribution >= 4 is 28.9 Å². The Morgan fingerprint density at radius 3 is 2.56 bits per heavy atom. The van der Waals surface area contributed by atoms with Gasteiger partial charge in [0.1, 0.15) is 5.75 Å². The van der Waals surface area contributed by atoms with Gasteiger partial charge in [-0.3, -0.25) is 0 Å². The molecule has 2 aromatic rings. The number of hydrogen-bond acceptors (Lipinski definition) is 4. The van der Waals surface area contributed by atoms with E-state index in [1.165, 1.54) is 6.20 Å². The van der Waals surface area contributed by atoms with Crippen molar-refractivity contribution in [1.82, 2.24) is 10.2 Å². The number of nitrogens with one attached hydrogen (secondary N) is 1. The molecule has 0 spiro atoms. The summed E-state index contributed by atoms with van der Waals surface area (Å²) in [5.41, 5.74) is 1.67. The normalized spacial score (nSPS) is 10.2. The van der Waals surface area contributed by atoms with Gasteiger partial charge < -0.3 is 10.1 Å². The van der Waals surface area contributed by atoms with Crippen LogP contribution >= 0.6 is 23.2 Å². The maximum Gasteiger partial charge on any atom is 0.176 e. The van der Waals surface area contributed by atoms with Crippen molar-refractivity contribution in [2.75, 3.05) is 12.4 Å². The van der Waals surface area contributed by atoms with Gasteiger partial charge in [0.2, 0.25) is 0 Å². The van der Waals surface area contributed by atoms with Gasteiger partial charge >= 0.3 is 0 Å². The highest BCUT2D eigenvalue weighted by atomic mass is 35.5. The molecule has 0 saturated carbocycles. The Morgan fingerprint density at radius 2 is 1.94 bits per heavy atom. The highest BCUT2D eigenvalue weighted by molar-refractivity contribution is 6.38. The number of rotatable bonds is 4. The van der Waals surface area contributed by atoms with E-state index in [0.29, 0.717) is 17.3 Å². The zero-order valence-electron chi connectivity index (χ0n) is 9.65. The molecule has 1 aromatic heterocycles. The molecule has 0 aliphatic carbocycles. The van der Waals surface area contributed by atoms with E-state index < -0.39 is 0 Å². The molecule has 6 heteroatoms. The van der Waals surface area contributed by atoms with Gasteiger partial charge in [0.05, 0.1) is 24.0 Å². The van der Waals surface area contributed by atoms with E-state index in [9.17, 15) is 0 Å². The predicted molar refractivity (Wildman–Crippen MR) is 72.4 cm³/mol. The lowest BCUT2D eigenvalue weighted by Gasteiger charge is -2.09. The Morgan fingerprint density at radius 1 is 1.22 bits per heavy atom. The summed E-state index contributed by atoms with van der Waals surface area (Å²) in [7, 11) is 1.63. The Bertz CT molecular complexity index is 511. The Labute approximate surface area is 115 Å². The predicted octanol–water partition coefficient (Wildman–Crippen LogP) is 3.40. The molecular weight excluding hydrogens is 273 g/mol. The van der Waals surface area contributed by atoms with Crippen LogP contribution in [-0.2, 0) is 6.54 Å². The maximum atomic E-state index is 5.97. The molecule has 0 bridgehead atoms. The molecule has 1 N–H and O–H groups in total. The van der Waals surface area contributed by atoms with E-state index in [0.717, 1.165) is 11.3 Å². The van der Waals surface area contributed by atoms with Crippen molar-refractivity contribution in [3.05, 3.63) is 46.2 Å². The minimum atomic E-state index is 0.260. The molecule has 0 atom stereocenters. The average Bonchev–Trinajstić information content (AvgIpc) is 2.39. The third kappa shape index (κ3) is 3.03. The second-order valence-electron chi connectivity index (χ2n) is 3.56. The van der Waals surface area contributed by atoms with Crippen LogP contribution in [0.3, 0.4) is 0 Å². The standard InChI is InChI=1S/C12H11Cl2N3O/c1-18-9-4-2-8(3-5-9)6-15-11-10(13)7-16-17-12(11)14/h2-5,7H,6H2,1H3,(H,15,16). The van der Waals surface area contributed by atoms with Crippen molar-refractivity contribution in [2.45, 2.75) is 6.54 Å². The number of nitrogens with zero attached hydrogens (tertiary/aromatic N) is 2. The van der Waals surface area contributed by atoms with Gasteiger partial charge in [-0.25, -0.2) is 0 Å². The topological polar surface area (TPSA) is 47.0 Å². The zero-order chi connectivity index (χ0) is 13.0. The minimum absolute atomic E-state index is 0.260. The molecule has 0 unspecified atom stereocenters. The van der Waals surface area contributed by atoms with Crippen LogP contribution in [0.4, 0.5) is 5.69 Å². The lowest BCUT2D eigenvalue weighted by molar-refractivity contribution is 0.414. The minimum Gasteiger partial charge on any atom is -0.497 e. The summed E-state index contributed by atoms with van der Waals surface area (Å²) >= 11 is 11.9. The van der Waals surface area contributed by atoms with Gasteiger partial charge in [0, 0.05) is 6.54 Å². The molecule has 2 rings (SSSR count). The summed E-state index contributed by atoms with van der Waals surface area (Å²) in [6.07, 6.45) is 1.45. The van der Waals surface area contributed by atoms with E-state index in [2.05, 4.69) is 15.5 Å². The van der Waals surface area contributed by atoms with Gasteiger partial charge in [0.15, 0.2) is 5.15 Å². The molecule has 0 amide bonds. The van der Waals surface area contributed by atoms with Crippen LogP contribution in [0.25, 0.3) is 0 Å². The number of hydrogen-bond donors (Lipinski definition) is 1. The monoisotopic (exact) mass is 283 g/mol. The number of aromatic nitrogens is 2. The third-order valence-electron chi connectivity index (χ3n) is 2.39. The SMILES string of the molecule is COc1ccc(CNc2c(Cl)cnnc2Cl)cc1. The fourth-order valence-corrected chi connectivity index (χ4v) is 1.90. The molecule has 0 fully saturated rings. The molecular formula is C12H11Cl2N3O. The fourth-order valence-electron chi connectivity index (χ4n) is 1.43. The largest absolute Gasteiger partial charge is 0.497 e. The molecule has 0 saturated heterocycles. The van der Waals surface area contributed by atoms with Crippen LogP contribution in [0.5, 0.6) is 5.75 Å². The second-order valence-corrected chi connectivity index (χ2v) is 4.33. The number of anilines is 1. The summed E-state index contributed by atoms with van der Waals surface area (Å²) in [5, 5.41) is 11.2. The molecule has 0 radical (unpaired) electrons. The summed E-state index contributed by atoms with van der Waals surface area (Å²) in [6, 6.07) is 7.71. The molecule has 1 heterocycles. The highest BCUT2D eigenvalue weighted by Crippen LogP contribution is 2.27. The average molecular weight is 284 g/mol. The van der Waals surface area contributed by atoms with Crippen molar-refractivity contribution in [2.24, 2.45) is 0 Å². The van der Waals surface area contributed by atoms with E-state index >= 15 is 0 Å². The lowest BCUT2D eigenvalue weighted by Crippen LogP contribution is -2.02. The number of halogens is 2. The van der Waals surface area contributed by atoms with Crippen LogP contribution < -0.4 is 10.1 Å². The summed E-state index contributed by atoms with van der Waals surface area (Å²) in [4.78, 5) is 0. The third-order valence-corrected chi connectivity index (χ3v) is 2.94. The van der Waals surface area contributed by atoms with Crippen molar-refractivity contribution in [1.29, 1.82) is 0 Å². The van der Waals surface area contributed by atoms with Gasteiger partial charge in [0.25, 0.3) is 0 Å². The van der Waals surface area contributed by atoms with Crippen molar-refractivity contribution < 1.29 is 4.74 Å². The first-order valence-electron chi connectivity index (χ1n) is 5.24. The van der Waals surface area contributed by atoms with Gasteiger partial charge in [-0.2, -0.15) is 5.10 Å². The van der Waals surface area contributed by atoms with Crippen LogP contribution in [0, 0.1) is 0 Å². The number of benzene rings is 1. The van der Waals surface area contributed by atoms with E-state index in [1.807, 2.05) is 24.3 Å². The first-order valence-corrected chi connectivity index (χ1v) is 6.00. The maximum absolute atomic E-state index is 5.97. The van der Waals surface area contributed by atoms with Crippen LogP contribution in [0.2, 0.25) is 10.2 Å². The number of ether oxygens (including phenoxy) is 1. The van der Waals surface area contributed by atoms with Gasteiger partial charge in [-0.05, 0) is 17.7 Å². The van der Waals surface area contributed by atoms with Crippen LogP contribution in [0.15, 0.2) is 30.5 Å². The molecule has 0 aliphatic heterocycles. The van der Waals surface area contributed by atoms with E-state index in [1.54, 1.807) is 7.11 Å². The lowest BCUT2D eigenvalue weighted by atomic mass is 10.2. The molecule has 1 aromatic carbocycles. The van der Waals surface area contributed by atoms with Gasteiger partial charge in [-0.15, -0.1) is 5.10 Å². The summed E-state index contributed by atoms with van der Waals surface area (Å²) in [6.45, 7) is 0.592. The van der Waals surface area contributed by atoms with Crippen LogP contribution in [-0.4, -0.2) is 17.3 Å². The smallest absolute Gasteiger partial charge is 0.176 e. The fraction of sp³-hybridized carbons (Fsp3) is 0.167. The molecule has 94 valence electrons. The summed E-state index contributed by atoms with van der Waals surface area (Å²) < 4.78 is 5.09. The first kappa shape index (κ1) is 12.9. The number of methoxy groups -OCH3 is 1. The Balaban J connectivity index is 2.06. The quantitative estimate of drug-likeness (QED) is 0.934. The Kier molecular flexibility index (Phi) is 4.23. The van der Waals surface area contributed by atoms with Crippen molar-refractivity contribution in [3.8, 4) is 5.75 Å². The first-order chi connectivity index (χ1) is 8.70. The highest BCUT2D eigenvalue weighted by Gasteiger charge is 2.06. The van der Waals surface area contributed by atoms with Crippen molar-refractivity contribution in [3.63, 3.8) is 0 Å². The second kappa shape index (κ2) is 5.89. The summed E-state index contributed by atoms with van der Waals surface area (Å²) in [5.74, 6) is 0.820. The van der Waals surface area contributed by atoms with Crippen LogP contribution in [0.1, 0.15) is 5.56 Å². The van der Waals surface area contributed by atoms with E-state index in [-0.39, 0.29) is 5.15 Å². The zero-order valence-corrected chi connectivity index (χ0v) is 11.2. The Hall–Kier alpha value is -1.52. The van der Waals surface area contributed by atoms with E-state index in [4.69, 9.17) is 27.9 Å². The molecule has 18 heavy (non-hydrogen) atoms.